The molecule has 16 nitrogen and oxygen atoms in total. The fourth-order valence-electron chi connectivity index (χ4n) is 9.99. The number of carbonyl (C=O) groups excluding carboxylic acids is 8. The lowest BCUT2D eigenvalue weighted by Gasteiger charge is -2.33. The van der Waals surface area contributed by atoms with Gasteiger partial charge in [0.2, 0.25) is 17.7 Å². The summed E-state index contributed by atoms with van der Waals surface area (Å²) in [6.45, 7) is 12.6. The Labute approximate surface area is 434 Å². The van der Waals surface area contributed by atoms with E-state index in [0.717, 1.165) is 30.4 Å². The van der Waals surface area contributed by atoms with Crippen LogP contribution in [0.2, 0.25) is 19.1 Å². The van der Waals surface area contributed by atoms with Gasteiger partial charge < -0.3 is 30.3 Å². The van der Waals surface area contributed by atoms with Crippen LogP contribution in [0.1, 0.15) is 108 Å². The highest BCUT2D eigenvalue weighted by atomic mass is 28.3. The standard InChI is InChI=1S/C57H70N6O10Si/c1-36(61(6)55(70)73-57(3,4)5)51(66)60-47(54(69)63-35-74(7,8)34-49(63)53(68)59-46-20-14-18-41-17-12-13-19-45(41)46)29-38-21-23-39(24-22-38)30-50(65)42-25-27-43(28-26-42)52(67)58-44-31-48(37(2)64)62(32-44)56(71)72-33-40-15-10-9-11-16-40/h9-13,15-17,19,21-28,36,44,46-49H,14,18,20,29-35H2,1-8H3,(H,58,67)(H,59,68)(H,60,66)/t36-,44?,46?,47-,48-,49-/m0/s1. The van der Waals surface area contributed by atoms with Crippen molar-refractivity contribution in [1.29, 1.82) is 0 Å². The van der Waals surface area contributed by atoms with E-state index in [1.54, 1.807) is 81.1 Å². The monoisotopic (exact) mass is 1030 g/mol. The molecule has 2 aliphatic heterocycles. The van der Waals surface area contributed by atoms with Crippen molar-refractivity contribution in [3.63, 3.8) is 0 Å². The molecule has 0 bridgehead atoms. The Morgan fingerprint density at radius 2 is 1.43 bits per heavy atom. The van der Waals surface area contributed by atoms with Crippen LogP contribution in [-0.2, 0) is 54.5 Å². The highest BCUT2D eigenvalue weighted by Gasteiger charge is 2.47. The Kier molecular flexibility index (Phi) is 17.3. The van der Waals surface area contributed by atoms with Crippen LogP contribution in [0.3, 0.4) is 0 Å². The molecule has 3 N–H and O–H groups in total. The number of nitrogens with zero attached hydrogens (tertiary/aromatic N) is 3. The number of hydrogen-bond donors (Lipinski definition) is 3. The van der Waals surface area contributed by atoms with Crippen LogP contribution in [0.25, 0.3) is 0 Å². The van der Waals surface area contributed by atoms with Crippen molar-refractivity contribution < 1.29 is 47.8 Å². The number of carbonyl (C=O) groups is 8. The lowest BCUT2D eigenvalue weighted by atomic mass is 9.87. The Morgan fingerprint density at radius 3 is 2.11 bits per heavy atom. The molecule has 1 aliphatic carbocycles. The maximum atomic E-state index is 14.9. The first-order chi connectivity index (χ1) is 35.1. The van der Waals surface area contributed by atoms with Crippen LogP contribution < -0.4 is 16.0 Å². The number of likely N-dealkylation sites (N-methyl/N-ethyl adjacent to an activating group) is 1. The van der Waals surface area contributed by atoms with Crippen LogP contribution >= 0.6 is 0 Å². The number of likely N-dealkylation sites (tertiary alicyclic amines) is 1. The van der Waals surface area contributed by atoms with Gasteiger partial charge >= 0.3 is 12.2 Å². The lowest BCUT2D eigenvalue weighted by molar-refractivity contribution is -0.141. The molecule has 2 unspecified atom stereocenters. The quantitative estimate of drug-likeness (QED) is 0.0765. The smallest absolute Gasteiger partial charge is 0.410 e. The number of fused-ring (bicyclic) bond motifs is 1. The summed E-state index contributed by atoms with van der Waals surface area (Å²) in [5.41, 5.74) is 4.40. The van der Waals surface area contributed by atoms with E-state index in [9.17, 15) is 38.4 Å². The average Bonchev–Trinajstić information content (AvgIpc) is 3.95. The van der Waals surface area contributed by atoms with E-state index in [-0.39, 0.29) is 55.9 Å². The molecule has 392 valence electrons. The third-order valence-corrected chi connectivity index (χ3v) is 16.8. The van der Waals surface area contributed by atoms with Gasteiger partial charge in [-0.2, -0.15) is 0 Å². The van der Waals surface area contributed by atoms with E-state index in [2.05, 4.69) is 35.1 Å². The molecule has 0 saturated carbocycles. The first-order valence-corrected chi connectivity index (χ1v) is 28.9. The number of ketones is 2. The topological polar surface area (TPSA) is 201 Å². The van der Waals surface area contributed by atoms with E-state index in [0.29, 0.717) is 34.5 Å². The fraction of sp³-hybridized carbons (Fsp3) is 0.439. The van der Waals surface area contributed by atoms with Crippen molar-refractivity contribution >= 4 is 55.5 Å². The van der Waals surface area contributed by atoms with Gasteiger partial charge in [-0.15, -0.1) is 0 Å². The van der Waals surface area contributed by atoms with Crippen molar-refractivity contribution in [2.75, 3.05) is 19.8 Å². The van der Waals surface area contributed by atoms with Gasteiger partial charge in [0.05, 0.1) is 20.2 Å². The van der Waals surface area contributed by atoms with Crippen LogP contribution in [0.4, 0.5) is 9.59 Å². The zero-order valence-electron chi connectivity index (χ0n) is 43.8. The molecule has 7 rings (SSSR count). The van der Waals surface area contributed by atoms with E-state index in [4.69, 9.17) is 9.47 Å². The molecule has 0 radical (unpaired) electrons. The minimum absolute atomic E-state index is 0.0416. The van der Waals surface area contributed by atoms with E-state index in [1.807, 2.05) is 48.5 Å². The molecular formula is C57H70N6O10Si. The molecule has 0 aromatic heterocycles. The van der Waals surface area contributed by atoms with Crippen molar-refractivity contribution in [2.45, 2.75) is 141 Å². The number of amides is 6. The second-order valence-electron chi connectivity index (χ2n) is 21.8. The summed E-state index contributed by atoms with van der Waals surface area (Å²) in [6, 6.07) is 27.1. The Hall–Kier alpha value is -7.14. The predicted molar refractivity (Wildman–Crippen MR) is 282 cm³/mol. The molecule has 17 heteroatoms. The number of nitrogens with one attached hydrogen (secondary N) is 3. The molecule has 4 aromatic rings. The van der Waals surface area contributed by atoms with Gasteiger partial charge in [-0.1, -0.05) is 104 Å². The van der Waals surface area contributed by atoms with Gasteiger partial charge in [-0.3, -0.25) is 38.6 Å². The second kappa shape index (κ2) is 23.4. The average molecular weight is 1030 g/mol. The zero-order valence-corrected chi connectivity index (χ0v) is 44.8. The normalized spacial score (nSPS) is 19.8. The summed E-state index contributed by atoms with van der Waals surface area (Å²) in [5.74, 6) is -2.00. The number of benzene rings is 4. The molecule has 3 aliphatic rings. The highest BCUT2D eigenvalue weighted by Crippen LogP contribution is 2.33. The maximum Gasteiger partial charge on any atom is 0.410 e. The maximum absolute atomic E-state index is 14.9. The molecule has 74 heavy (non-hydrogen) atoms. The van der Waals surface area contributed by atoms with Gasteiger partial charge in [0.15, 0.2) is 11.6 Å². The van der Waals surface area contributed by atoms with Gasteiger partial charge in [-0.05, 0) is 106 Å². The molecular weight excluding hydrogens is 957 g/mol. The summed E-state index contributed by atoms with van der Waals surface area (Å²) in [4.78, 5) is 113. The van der Waals surface area contributed by atoms with Gasteiger partial charge in [0.1, 0.15) is 30.3 Å². The summed E-state index contributed by atoms with van der Waals surface area (Å²) in [5, 5.41) is 9.13. The SMILES string of the molecule is CC(=O)[C@@H]1CC(NC(=O)c2ccc(C(=O)Cc3ccc(C[C@H](NC(=O)[C@H](C)N(C)C(=O)OC(C)(C)C)C(=O)N4C[Si](C)(C)C[C@H]4C(=O)NC4CCCc5ccccc54)cc3)cc2)CN1C(=O)OCc1ccccc1. The Balaban J connectivity index is 1.00. The van der Waals surface area contributed by atoms with Gasteiger partial charge in [0.25, 0.3) is 5.91 Å². The minimum Gasteiger partial charge on any atom is -0.445 e. The Morgan fingerprint density at radius 1 is 0.784 bits per heavy atom. The highest BCUT2D eigenvalue weighted by molar-refractivity contribution is 6.79. The van der Waals surface area contributed by atoms with Gasteiger partial charge in [0, 0.05) is 49.8 Å². The fourth-order valence-corrected chi connectivity index (χ4v) is 12.9. The van der Waals surface area contributed by atoms with E-state index in [1.165, 1.54) is 29.3 Å². The summed E-state index contributed by atoms with van der Waals surface area (Å²) in [6.07, 6.45) is 2.12. The summed E-state index contributed by atoms with van der Waals surface area (Å²) < 4.78 is 11.0. The number of aryl methyl sites for hydroxylation is 1. The Bertz CT molecular complexity index is 2730. The lowest BCUT2D eigenvalue weighted by Crippen LogP contribution is -2.57. The van der Waals surface area contributed by atoms with Crippen molar-refractivity contribution in [3.8, 4) is 0 Å². The molecule has 2 saturated heterocycles. The second-order valence-corrected chi connectivity index (χ2v) is 26.8. The van der Waals surface area contributed by atoms with Crippen LogP contribution in [-0.4, -0.2) is 126 Å². The minimum atomic E-state index is -2.09. The summed E-state index contributed by atoms with van der Waals surface area (Å²) in [7, 11) is -0.627. The number of hydrogen-bond acceptors (Lipinski definition) is 10. The molecule has 0 spiro atoms. The number of Topliss-reactive ketones (excluding diaryl/α,β-unsaturated/α-hetero) is 2. The molecule has 2 fully saturated rings. The van der Waals surface area contributed by atoms with Crippen LogP contribution in [0.5, 0.6) is 0 Å². The van der Waals surface area contributed by atoms with Crippen molar-refractivity contribution in [2.24, 2.45) is 0 Å². The summed E-state index contributed by atoms with van der Waals surface area (Å²) >= 11 is 0. The van der Waals surface area contributed by atoms with Crippen molar-refractivity contribution in [3.05, 3.63) is 142 Å². The molecule has 2 heterocycles. The largest absolute Gasteiger partial charge is 0.445 e. The van der Waals surface area contributed by atoms with E-state index >= 15 is 0 Å². The zero-order chi connectivity index (χ0) is 53.5. The predicted octanol–water partition coefficient (Wildman–Crippen LogP) is 7.15. The van der Waals surface area contributed by atoms with Crippen LogP contribution in [0.15, 0.2) is 103 Å². The number of ether oxygens (including phenoxy) is 2. The van der Waals surface area contributed by atoms with Crippen molar-refractivity contribution in [1.82, 2.24) is 30.7 Å². The van der Waals surface area contributed by atoms with Crippen LogP contribution in [0, 0.1) is 0 Å². The first kappa shape index (κ1) is 54.6. The van der Waals surface area contributed by atoms with Gasteiger partial charge in [-0.25, -0.2) is 9.59 Å². The number of rotatable bonds is 16. The van der Waals surface area contributed by atoms with E-state index < -0.39 is 73.8 Å². The molecule has 6 amide bonds. The molecule has 4 aromatic carbocycles. The third-order valence-electron chi connectivity index (χ3n) is 14.1. The molecule has 6 atom stereocenters. The third kappa shape index (κ3) is 13.9. The first-order valence-electron chi connectivity index (χ1n) is 25.5.